The smallest absolute Gasteiger partial charge is 0.201 e. The molecule has 2 aromatic carbocycles. The average Bonchev–Trinajstić information content (AvgIpc) is 3.31. The maximum Gasteiger partial charge on any atom is 0.201 e. The summed E-state index contributed by atoms with van der Waals surface area (Å²) in [5.41, 5.74) is 0.856. The van der Waals surface area contributed by atoms with Gasteiger partial charge >= 0.3 is 0 Å². The van der Waals surface area contributed by atoms with E-state index in [1.165, 1.54) is 63.9 Å². The van der Waals surface area contributed by atoms with Gasteiger partial charge < -0.3 is 9.47 Å². The van der Waals surface area contributed by atoms with Crippen molar-refractivity contribution in [1.82, 2.24) is 0 Å². The van der Waals surface area contributed by atoms with Crippen molar-refractivity contribution in [3.63, 3.8) is 0 Å². The summed E-state index contributed by atoms with van der Waals surface area (Å²) < 4.78 is 39.9. The van der Waals surface area contributed by atoms with Crippen LogP contribution in [0.2, 0.25) is 0 Å². The molecule has 0 radical (unpaired) electrons. The van der Waals surface area contributed by atoms with Crippen LogP contribution >= 0.6 is 0 Å². The van der Waals surface area contributed by atoms with Gasteiger partial charge in [0.1, 0.15) is 5.75 Å². The summed E-state index contributed by atoms with van der Waals surface area (Å²) >= 11 is 0. The quantitative estimate of drug-likeness (QED) is 0.377. The lowest BCUT2D eigenvalue weighted by Gasteiger charge is -2.32. The van der Waals surface area contributed by atoms with E-state index in [9.17, 15) is 8.78 Å². The van der Waals surface area contributed by atoms with E-state index in [4.69, 9.17) is 9.47 Å². The Morgan fingerprint density at radius 1 is 0.758 bits per heavy atom. The molecule has 2 atom stereocenters. The molecule has 0 N–H and O–H groups in total. The fourth-order valence-electron chi connectivity index (χ4n) is 6.00. The van der Waals surface area contributed by atoms with Crippen LogP contribution in [0.1, 0.15) is 71.6 Å². The van der Waals surface area contributed by atoms with E-state index in [2.05, 4.69) is 6.92 Å². The second-order valence-electron chi connectivity index (χ2n) is 10.0. The van der Waals surface area contributed by atoms with Crippen LogP contribution in [0.25, 0.3) is 11.1 Å². The Labute approximate surface area is 197 Å². The summed E-state index contributed by atoms with van der Waals surface area (Å²) in [4.78, 5) is 0. The first-order valence-electron chi connectivity index (χ1n) is 12.9. The van der Waals surface area contributed by atoms with Crippen LogP contribution < -0.4 is 9.47 Å². The minimum absolute atomic E-state index is 0.0536. The summed E-state index contributed by atoms with van der Waals surface area (Å²) in [6, 6.07) is 10.3. The highest BCUT2D eigenvalue weighted by Crippen LogP contribution is 2.44. The number of ether oxygens (including phenoxy) is 2. The molecule has 33 heavy (non-hydrogen) atoms. The third-order valence-electron chi connectivity index (χ3n) is 7.83. The molecule has 2 unspecified atom stereocenters. The molecule has 0 aliphatic heterocycles. The number of hydrogen-bond donors (Lipinski definition) is 0. The van der Waals surface area contributed by atoms with Crippen molar-refractivity contribution in [3.05, 3.63) is 48.0 Å². The van der Waals surface area contributed by atoms with Crippen molar-refractivity contribution in [2.24, 2.45) is 23.7 Å². The molecule has 0 bridgehead atoms. The second-order valence-corrected chi connectivity index (χ2v) is 10.0. The molecule has 4 rings (SSSR count). The van der Waals surface area contributed by atoms with Gasteiger partial charge in [-0.2, -0.15) is 4.39 Å². The zero-order chi connectivity index (χ0) is 23.2. The molecule has 0 saturated heterocycles. The summed E-state index contributed by atoms with van der Waals surface area (Å²) in [5, 5.41) is 0. The second kappa shape index (κ2) is 11.4. The maximum atomic E-state index is 14.5. The molecule has 0 amide bonds. The van der Waals surface area contributed by atoms with Gasteiger partial charge in [-0.1, -0.05) is 38.3 Å². The topological polar surface area (TPSA) is 18.5 Å². The molecule has 0 aromatic heterocycles. The zero-order valence-corrected chi connectivity index (χ0v) is 20.1. The van der Waals surface area contributed by atoms with Crippen molar-refractivity contribution in [1.29, 1.82) is 0 Å². The van der Waals surface area contributed by atoms with Gasteiger partial charge in [0.05, 0.1) is 13.2 Å². The molecular formula is C29H38F2O2. The lowest BCUT2D eigenvalue weighted by atomic mass is 9.75. The molecule has 4 heteroatoms. The van der Waals surface area contributed by atoms with Gasteiger partial charge in [-0.3, -0.25) is 0 Å². The van der Waals surface area contributed by atoms with Crippen molar-refractivity contribution < 1.29 is 18.3 Å². The van der Waals surface area contributed by atoms with Gasteiger partial charge in [-0.15, -0.1) is 0 Å². The number of halogens is 2. The van der Waals surface area contributed by atoms with Crippen LogP contribution in [-0.4, -0.2) is 13.2 Å². The molecule has 2 fully saturated rings. The Kier molecular flexibility index (Phi) is 8.27. The van der Waals surface area contributed by atoms with E-state index in [0.29, 0.717) is 18.1 Å². The van der Waals surface area contributed by atoms with Crippen LogP contribution in [0.5, 0.6) is 11.5 Å². The fourth-order valence-corrected chi connectivity index (χ4v) is 6.00. The molecule has 2 nitrogen and oxygen atoms in total. The van der Waals surface area contributed by atoms with E-state index in [-0.39, 0.29) is 11.3 Å². The van der Waals surface area contributed by atoms with Gasteiger partial charge in [-0.25, -0.2) is 4.39 Å². The SMILES string of the molecule is CCCC1CCC(C2CCC(COc3ccc(-c4ccc(OCC)c(F)c4F)cc3)CC2)C1. The van der Waals surface area contributed by atoms with Crippen molar-refractivity contribution in [3.8, 4) is 22.6 Å². The fraction of sp³-hybridized carbons (Fsp3) is 0.586. The molecule has 0 spiro atoms. The van der Waals surface area contributed by atoms with Crippen LogP contribution in [0.3, 0.4) is 0 Å². The van der Waals surface area contributed by atoms with Crippen LogP contribution in [0.4, 0.5) is 8.78 Å². The van der Waals surface area contributed by atoms with E-state index in [1.807, 2.05) is 12.1 Å². The minimum Gasteiger partial charge on any atom is -0.493 e. The number of benzene rings is 2. The third-order valence-corrected chi connectivity index (χ3v) is 7.83. The Hall–Kier alpha value is -2.10. The van der Waals surface area contributed by atoms with Gasteiger partial charge in [0.25, 0.3) is 0 Å². The first-order valence-corrected chi connectivity index (χ1v) is 12.9. The monoisotopic (exact) mass is 456 g/mol. The van der Waals surface area contributed by atoms with Gasteiger partial charge in [-0.05, 0) is 98.9 Å². The van der Waals surface area contributed by atoms with E-state index >= 15 is 0 Å². The number of hydrogen-bond acceptors (Lipinski definition) is 2. The van der Waals surface area contributed by atoms with E-state index < -0.39 is 11.6 Å². The highest BCUT2D eigenvalue weighted by Gasteiger charge is 2.33. The summed E-state index contributed by atoms with van der Waals surface area (Å²) in [7, 11) is 0. The predicted molar refractivity (Wildman–Crippen MR) is 130 cm³/mol. The van der Waals surface area contributed by atoms with E-state index in [1.54, 1.807) is 25.1 Å². The minimum atomic E-state index is -0.941. The van der Waals surface area contributed by atoms with Gasteiger partial charge in [0.15, 0.2) is 11.6 Å². The standard InChI is InChI=1S/C29H38F2O2/c1-3-5-20-6-11-24(18-20)22-9-7-21(8-10-22)19-33-25-14-12-23(13-15-25)26-16-17-27(32-4-2)29(31)28(26)30/h12-17,20-22,24H,3-11,18-19H2,1-2H3. The Morgan fingerprint density at radius 3 is 2.15 bits per heavy atom. The molecular weight excluding hydrogens is 418 g/mol. The Balaban J connectivity index is 1.26. The zero-order valence-electron chi connectivity index (χ0n) is 20.1. The molecule has 2 aliphatic carbocycles. The molecule has 0 heterocycles. The van der Waals surface area contributed by atoms with Gasteiger partial charge in [0.2, 0.25) is 5.82 Å². The Bertz CT molecular complexity index is 887. The van der Waals surface area contributed by atoms with Crippen LogP contribution in [0.15, 0.2) is 36.4 Å². The average molecular weight is 457 g/mol. The lowest BCUT2D eigenvalue weighted by Crippen LogP contribution is -2.24. The van der Waals surface area contributed by atoms with Crippen molar-refractivity contribution in [2.75, 3.05) is 13.2 Å². The highest BCUT2D eigenvalue weighted by molar-refractivity contribution is 5.66. The largest absolute Gasteiger partial charge is 0.493 e. The number of rotatable bonds is 9. The molecule has 2 aliphatic rings. The lowest BCUT2D eigenvalue weighted by molar-refractivity contribution is 0.153. The van der Waals surface area contributed by atoms with Crippen LogP contribution in [-0.2, 0) is 0 Å². The Morgan fingerprint density at radius 2 is 1.45 bits per heavy atom. The predicted octanol–water partition coefficient (Wildman–Crippen LogP) is 8.43. The third kappa shape index (κ3) is 5.88. The first kappa shape index (κ1) is 24.0. The van der Waals surface area contributed by atoms with Crippen molar-refractivity contribution >= 4 is 0 Å². The molecule has 2 aromatic rings. The molecule has 2 saturated carbocycles. The highest BCUT2D eigenvalue weighted by atomic mass is 19.2. The van der Waals surface area contributed by atoms with Crippen molar-refractivity contribution in [2.45, 2.75) is 71.6 Å². The maximum absolute atomic E-state index is 14.5. The summed E-state index contributed by atoms with van der Waals surface area (Å²) in [6.07, 6.45) is 12.3. The summed E-state index contributed by atoms with van der Waals surface area (Å²) in [6.45, 7) is 5.09. The summed E-state index contributed by atoms with van der Waals surface area (Å²) in [5.74, 6) is 2.39. The van der Waals surface area contributed by atoms with Crippen LogP contribution in [0, 0.1) is 35.3 Å². The normalized spacial score (nSPS) is 25.2. The van der Waals surface area contributed by atoms with E-state index in [0.717, 1.165) is 30.1 Å². The molecule has 180 valence electrons. The first-order chi connectivity index (χ1) is 16.1. The van der Waals surface area contributed by atoms with Gasteiger partial charge in [0, 0.05) is 5.56 Å².